The number of rotatable bonds is 1. The monoisotopic (exact) mass is 345 g/mol. The van der Waals surface area contributed by atoms with E-state index in [4.69, 9.17) is 0 Å². The normalized spacial score (nSPS) is 48.2. The number of allylic oxidation sites excluding steroid dienone is 1. The number of Topliss-reactive ketones (excluding diaryl/α,β-unsaturated/α-hetero) is 1. The topological polar surface area (TPSA) is 74.6 Å². The van der Waals surface area contributed by atoms with Crippen molar-refractivity contribution in [3.63, 3.8) is 0 Å². The molecule has 0 spiro atoms. The Morgan fingerprint density at radius 3 is 2.56 bits per heavy atom. The van der Waals surface area contributed by atoms with Crippen LogP contribution in [0.15, 0.2) is 11.6 Å². The highest BCUT2D eigenvalue weighted by molar-refractivity contribution is 5.97. The van der Waals surface area contributed by atoms with E-state index in [0.29, 0.717) is 17.8 Å². The quantitative estimate of drug-likeness (QED) is 0.717. The summed E-state index contributed by atoms with van der Waals surface area (Å²) < 4.78 is 0. The van der Waals surface area contributed by atoms with Gasteiger partial charge in [0.25, 0.3) is 0 Å². The Kier molecular flexibility index (Phi) is 3.66. The van der Waals surface area contributed by atoms with Gasteiger partial charge in [0, 0.05) is 19.3 Å². The first-order valence-electron chi connectivity index (χ1n) is 9.65. The molecule has 4 nitrogen and oxygen atoms in total. The number of aliphatic hydroxyl groups is 2. The predicted octanol–water partition coefficient (Wildman–Crippen LogP) is 2.83. The summed E-state index contributed by atoms with van der Waals surface area (Å²) in [6.07, 6.45) is 7.49. The van der Waals surface area contributed by atoms with Crippen molar-refractivity contribution in [3.8, 4) is 0 Å². The lowest BCUT2D eigenvalue weighted by atomic mass is 9.46. The number of ketones is 2. The number of hydrogen-bond acceptors (Lipinski definition) is 4. The molecule has 4 aliphatic rings. The lowest BCUT2D eigenvalue weighted by Gasteiger charge is -2.58. The summed E-state index contributed by atoms with van der Waals surface area (Å²) in [5.74, 6) is -1.29. The van der Waals surface area contributed by atoms with E-state index in [9.17, 15) is 19.8 Å². The number of carbonyl (C=O) groups is 2. The van der Waals surface area contributed by atoms with E-state index in [-0.39, 0.29) is 29.0 Å². The second kappa shape index (κ2) is 5.26. The fourth-order valence-corrected chi connectivity index (χ4v) is 7.21. The van der Waals surface area contributed by atoms with Crippen LogP contribution in [0.2, 0.25) is 0 Å². The third-order valence-corrected chi connectivity index (χ3v) is 8.44. The molecule has 0 aromatic rings. The Labute approximate surface area is 149 Å². The van der Waals surface area contributed by atoms with Crippen LogP contribution in [0.1, 0.15) is 58.8 Å². The van der Waals surface area contributed by atoms with Gasteiger partial charge in [0.1, 0.15) is 5.78 Å². The summed E-state index contributed by atoms with van der Waals surface area (Å²) in [5, 5.41) is 20.4. The first-order valence-corrected chi connectivity index (χ1v) is 9.65. The summed E-state index contributed by atoms with van der Waals surface area (Å²) >= 11 is 0. The molecule has 0 aromatic heterocycles. The van der Waals surface area contributed by atoms with Crippen LogP contribution >= 0.6 is 0 Å². The zero-order valence-corrected chi connectivity index (χ0v) is 15.3. The molecule has 4 heteroatoms. The fourth-order valence-electron chi connectivity index (χ4n) is 7.21. The Morgan fingerprint density at radius 1 is 1.16 bits per heavy atom. The second-order valence-electron chi connectivity index (χ2n) is 9.50. The molecule has 6 atom stereocenters. The van der Waals surface area contributed by atoms with Crippen molar-refractivity contribution >= 4 is 11.6 Å². The Bertz CT molecular complexity index is 663. The molecule has 0 unspecified atom stereocenters. The average molecular weight is 345 g/mol. The van der Waals surface area contributed by atoms with E-state index in [2.05, 4.69) is 20.8 Å². The highest BCUT2D eigenvalue weighted by Gasteiger charge is 2.61. The van der Waals surface area contributed by atoms with Gasteiger partial charge in [-0.3, -0.25) is 9.59 Å². The van der Waals surface area contributed by atoms with E-state index in [1.807, 2.05) is 0 Å². The largest absolute Gasteiger partial charge is 0.359 e. The van der Waals surface area contributed by atoms with Crippen molar-refractivity contribution in [1.82, 2.24) is 0 Å². The molecule has 0 aliphatic heterocycles. The van der Waals surface area contributed by atoms with Crippen molar-refractivity contribution in [2.75, 3.05) is 0 Å². The first kappa shape index (κ1) is 17.4. The number of fused-ring (bicyclic) bond motifs is 5. The summed E-state index contributed by atoms with van der Waals surface area (Å²) in [6.45, 7) is 8.10. The van der Waals surface area contributed by atoms with Gasteiger partial charge in [-0.15, -0.1) is 0 Å². The molecular formula is C21H29O4. The van der Waals surface area contributed by atoms with Gasteiger partial charge in [0.15, 0.2) is 0 Å². The molecule has 0 bridgehead atoms. The molecular weight excluding hydrogens is 316 g/mol. The minimum Gasteiger partial charge on any atom is -0.359 e. The highest BCUT2D eigenvalue weighted by atomic mass is 16.5. The van der Waals surface area contributed by atoms with Gasteiger partial charge in [-0.05, 0) is 73.2 Å². The van der Waals surface area contributed by atoms with Crippen molar-refractivity contribution in [3.05, 3.63) is 18.6 Å². The number of carbonyl (C=O) groups excluding carboxylic acids is 2. The summed E-state index contributed by atoms with van der Waals surface area (Å²) in [4.78, 5) is 24.1. The summed E-state index contributed by atoms with van der Waals surface area (Å²) in [7, 11) is 0. The zero-order chi connectivity index (χ0) is 18.2. The van der Waals surface area contributed by atoms with Crippen LogP contribution in [-0.4, -0.2) is 27.6 Å². The average Bonchev–Trinajstić information content (AvgIpc) is 2.86. The van der Waals surface area contributed by atoms with E-state index >= 15 is 0 Å². The standard InChI is InChI=1S/C21H29O4/c1-12(22)15-6-7-16-14-5-4-13-10-18(23)21(24,25)11-20(13,3)17(14)8-9-19(15,16)2/h10,14-17,24-25H,1,4-9,11H2,2-3H3/t14-,15+,16-,17-,19+,20-/m0/s1. The van der Waals surface area contributed by atoms with Crippen LogP contribution in [0.25, 0.3) is 0 Å². The van der Waals surface area contributed by atoms with Gasteiger partial charge in [-0.25, -0.2) is 0 Å². The first-order chi connectivity index (χ1) is 11.6. The Balaban J connectivity index is 1.69. The zero-order valence-electron chi connectivity index (χ0n) is 15.3. The smallest absolute Gasteiger partial charge is 0.228 e. The van der Waals surface area contributed by atoms with Crippen molar-refractivity contribution in [1.29, 1.82) is 0 Å². The van der Waals surface area contributed by atoms with Gasteiger partial charge in [0.05, 0.1) is 0 Å². The third-order valence-electron chi connectivity index (χ3n) is 8.44. The molecule has 0 amide bonds. The maximum atomic E-state index is 12.1. The molecule has 0 saturated heterocycles. The molecule has 4 rings (SSSR count). The van der Waals surface area contributed by atoms with Crippen LogP contribution in [0.5, 0.6) is 0 Å². The van der Waals surface area contributed by atoms with Gasteiger partial charge < -0.3 is 10.2 Å². The molecule has 1 radical (unpaired) electrons. The minimum atomic E-state index is -2.23. The maximum absolute atomic E-state index is 12.1. The van der Waals surface area contributed by atoms with E-state index < -0.39 is 11.6 Å². The summed E-state index contributed by atoms with van der Waals surface area (Å²) in [6, 6.07) is 0. The van der Waals surface area contributed by atoms with E-state index in [0.717, 1.165) is 44.1 Å². The van der Waals surface area contributed by atoms with Crippen LogP contribution in [0.4, 0.5) is 0 Å². The molecule has 2 N–H and O–H groups in total. The SMILES string of the molecule is [CH2]C(=O)[C@H]1CC[C@H]2[C@@H]3CCC4=CC(=O)C(O)(O)C[C@]4(C)[C@H]3CC[C@]12C. The van der Waals surface area contributed by atoms with Gasteiger partial charge in [0.2, 0.25) is 11.6 Å². The number of hydrogen-bond donors (Lipinski definition) is 2. The van der Waals surface area contributed by atoms with Crippen LogP contribution in [0.3, 0.4) is 0 Å². The third kappa shape index (κ3) is 2.26. The van der Waals surface area contributed by atoms with Crippen LogP contribution < -0.4 is 0 Å². The fraction of sp³-hybridized carbons (Fsp3) is 0.762. The molecule has 3 fully saturated rings. The van der Waals surface area contributed by atoms with Crippen LogP contribution in [0, 0.1) is 41.4 Å². The molecule has 137 valence electrons. The second-order valence-corrected chi connectivity index (χ2v) is 9.50. The molecule has 4 aliphatic carbocycles. The van der Waals surface area contributed by atoms with Crippen molar-refractivity contribution in [2.24, 2.45) is 34.5 Å². The Morgan fingerprint density at radius 2 is 1.88 bits per heavy atom. The van der Waals surface area contributed by atoms with Gasteiger partial charge in [-0.2, -0.15) is 0 Å². The van der Waals surface area contributed by atoms with E-state index in [1.54, 1.807) is 0 Å². The highest BCUT2D eigenvalue weighted by Crippen LogP contribution is 2.67. The maximum Gasteiger partial charge on any atom is 0.228 e. The van der Waals surface area contributed by atoms with Crippen molar-refractivity contribution < 1.29 is 19.8 Å². The van der Waals surface area contributed by atoms with E-state index in [1.165, 1.54) is 6.08 Å². The van der Waals surface area contributed by atoms with Crippen LogP contribution in [-0.2, 0) is 9.59 Å². The molecule has 0 heterocycles. The van der Waals surface area contributed by atoms with Crippen molar-refractivity contribution in [2.45, 2.75) is 64.6 Å². The minimum absolute atomic E-state index is 0.0393. The Hall–Kier alpha value is -1.00. The lowest BCUT2D eigenvalue weighted by molar-refractivity contribution is -0.199. The van der Waals surface area contributed by atoms with Gasteiger partial charge >= 0.3 is 0 Å². The lowest BCUT2D eigenvalue weighted by Crippen LogP contribution is -2.55. The predicted molar refractivity (Wildman–Crippen MR) is 93.1 cm³/mol. The molecule has 25 heavy (non-hydrogen) atoms. The summed E-state index contributed by atoms with van der Waals surface area (Å²) in [5.41, 5.74) is 0.815. The molecule has 3 saturated carbocycles. The molecule has 0 aromatic carbocycles. The van der Waals surface area contributed by atoms with Gasteiger partial charge in [-0.1, -0.05) is 19.4 Å².